The molecule has 18 heavy (non-hydrogen) atoms. The number of benzene rings is 1. The summed E-state index contributed by atoms with van der Waals surface area (Å²) in [5.41, 5.74) is 1.01. The lowest BCUT2D eigenvalue weighted by atomic mass is 9.90. The third-order valence-electron chi connectivity index (χ3n) is 3.19. The SMILES string of the molecule is COC(=O)[C@H](c1ccc(Br)cc1)[C@@H]1CCCN1.Cl. The van der Waals surface area contributed by atoms with E-state index in [9.17, 15) is 4.79 Å². The van der Waals surface area contributed by atoms with Crippen LogP contribution in [0, 0.1) is 0 Å². The van der Waals surface area contributed by atoms with E-state index >= 15 is 0 Å². The third-order valence-corrected chi connectivity index (χ3v) is 3.71. The number of nitrogens with one attached hydrogen (secondary N) is 1. The second kappa shape index (κ2) is 7.12. The monoisotopic (exact) mass is 333 g/mol. The predicted molar refractivity (Wildman–Crippen MR) is 77.2 cm³/mol. The highest BCUT2D eigenvalue weighted by Crippen LogP contribution is 2.27. The molecule has 1 saturated heterocycles. The van der Waals surface area contributed by atoms with Crippen molar-refractivity contribution >= 4 is 34.3 Å². The van der Waals surface area contributed by atoms with E-state index in [1.54, 1.807) is 0 Å². The van der Waals surface area contributed by atoms with Crippen LogP contribution in [0.2, 0.25) is 0 Å². The molecule has 1 aliphatic heterocycles. The second-order valence-corrected chi connectivity index (χ2v) is 5.17. The molecular formula is C13H17BrClNO2. The Morgan fingerprint density at radius 1 is 1.44 bits per heavy atom. The van der Waals surface area contributed by atoms with Crippen LogP contribution in [0.5, 0.6) is 0 Å². The van der Waals surface area contributed by atoms with Gasteiger partial charge in [0.15, 0.2) is 0 Å². The minimum absolute atomic E-state index is 0. The summed E-state index contributed by atoms with van der Waals surface area (Å²) in [6.45, 7) is 0.981. The van der Waals surface area contributed by atoms with Gasteiger partial charge in [-0.05, 0) is 37.1 Å². The van der Waals surface area contributed by atoms with Gasteiger partial charge >= 0.3 is 5.97 Å². The molecule has 0 bridgehead atoms. The summed E-state index contributed by atoms with van der Waals surface area (Å²) in [6, 6.07) is 8.07. The Morgan fingerprint density at radius 2 is 2.11 bits per heavy atom. The first-order valence-corrected chi connectivity index (χ1v) is 6.58. The minimum Gasteiger partial charge on any atom is -0.469 e. The van der Waals surface area contributed by atoms with Gasteiger partial charge in [0, 0.05) is 10.5 Å². The van der Waals surface area contributed by atoms with E-state index in [0.717, 1.165) is 29.4 Å². The molecule has 2 atom stereocenters. The van der Waals surface area contributed by atoms with Gasteiger partial charge in [-0.1, -0.05) is 28.1 Å². The van der Waals surface area contributed by atoms with Gasteiger partial charge in [0.1, 0.15) is 0 Å². The molecule has 5 heteroatoms. The van der Waals surface area contributed by atoms with E-state index in [-0.39, 0.29) is 30.3 Å². The zero-order valence-electron chi connectivity index (χ0n) is 10.2. The average molecular weight is 335 g/mol. The number of carbonyl (C=O) groups excluding carboxylic acids is 1. The Bertz CT molecular complexity index is 390. The molecule has 0 amide bonds. The maximum Gasteiger partial charge on any atom is 0.314 e. The number of halogens is 2. The predicted octanol–water partition coefficient (Wildman–Crippen LogP) is 2.88. The lowest BCUT2D eigenvalue weighted by Crippen LogP contribution is -2.34. The molecule has 3 nitrogen and oxygen atoms in total. The van der Waals surface area contributed by atoms with Crippen LogP contribution in [0.3, 0.4) is 0 Å². The van der Waals surface area contributed by atoms with Crippen molar-refractivity contribution in [1.29, 1.82) is 0 Å². The van der Waals surface area contributed by atoms with Gasteiger partial charge in [-0.15, -0.1) is 12.4 Å². The van der Waals surface area contributed by atoms with Crippen LogP contribution in [-0.2, 0) is 9.53 Å². The lowest BCUT2D eigenvalue weighted by molar-refractivity contribution is -0.143. The van der Waals surface area contributed by atoms with E-state index in [4.69, 9.17) is 4.74 Å². The average Bonchev–Trinajstić information content (AvgIpc) is 2.85. The molecule has 0 radical (unpaired) electrons. The first-order chi connectivity index (χ1) is 8.22. The summed E-state index contributed by atoms with van der Waals surface area (Å²) < 4.78 is 5.94. The first-order valence-electron chi connectivity index (χ1n) is 5.79. The van der Waals surface area contributed by atoms with Gasteiger partial charge in [0.05, 0.1) is 13.0 Å². The number of esters is 1. The molecule has 0 aromatic heterocycles. The van der Waals surface area contributed by atoms with Crippen molar-refractivity contribution in [2.24, 2.45) is 0 Å². The maximum absolute atomic E-state index is 11.9. The van der Waals surface area contributed by atoms with Gasteiger partial charge in [0.2, 0.25) is 0 Å². The van der Waals surface area contributed by atoms with Crippen molar-refractivity contribution in [2.45, 2.75) is 24.8 Å². The van der Waals surface area contributed by atoms with E-state index in [1.165, 1.54) is 7.11 Å². The molecule has 0 saturated carbocycles. The molecule has 0 unspecified atom stereocenters. The molecule has 2 rings (SSSR count). The smallest absolute Gasteiger partial charge is 0.314 e. The topological polar surface area (TPSA) is 38.3 Å². The molecule has 1 N–H and O–H groups in total. The van der Waals surface area contributed by atoms with Gasteiger partial charge in [-0.25, -0.2) is 0 Å². The second-order valence-electron chi connectivity index (χ2n) is 4.26. The molecule has 1 aromatic carbocycles. The zero-order chi connectivity index (χ0) is 12.3. The van der Waals surface area contributed by atoms with E-state index in [1.807, 2.05) is 24.3 Å². The van der Waals surface area contributed by atoms with Crippen molar-refractivity contribution in [3.8, 4) is 0 Å². The molecule has 100 valence electrons. The molecule has 0 aliphatic carbocycles. The fourth-order valence-corrected chi connectivity index (χ4v) is 2.59. The Kier molecular flexibility index (Phi) is 6.12. The number of ether oxygens (including phenoxy) is 1. The Morgan fingerprint density at radius 3 is 2.61 bits per heavy atom. The van der Waals surface area contributed by atoms with E-state index in [2.05, 4.69) is 21.2 Å². The van der Waals surface area contributed by atoms with Gasteiger partial charge in [0.25, 0.3) is 0 Å². The summed E-state index contributed by atoms with van der Waals surface area (Å²) >= 11 is 3.40. The van der Waals surface area contributed by atoms with Crippen molar-refractivity contribution in [3.63, 3.8) is 0 Å². The number of methoxy groups -OCH3 is 1. The summed E-state index contributed by atoms with van der Waals surface area (Å²) in [6.07, 6.45) is 2.14. The summed E-state index contributed by atoms with van der Waals surface area (Å²) in [4.78, 5) is 11.9. The molecule has 0 spiro atoms. The minimum atomic E-state index is -0.199. The van der Waals surface area contributed by atoms with Crippen molar-refractivity contribution in [2.75, 3.05) is 13.7 Å². The van der Waals surface area contributed by atoms with Crippen LogP contribution in [0.15, 0.2) is 28.7 Å². The summed E-state index contributed by atoms with van der Waals surface area (Å²) in [5, 5.41) is 3.37. The molecule has 1 aliphatic rings. The van der Waals surface area contributed by atoms with Crippen molar-refractivity contribution in [3.05, 3.63) is 34.3 Å². The normalized spacial score (nSPS) is 20.0. The van der Waals surface area contributed by atoms with Crippen LogP contribution in [-0.4, -0.2) is 25.7 Å². The molecule has 1 fully saturated rings. The zero-order valence-corrected chi connectivity index (χ0v) is 12.6. The van der Waals surface area contributed by atoms with Crippen LogP contribution in [0.4, 0.5) is 0 Å². The fraction of sp³-hybridized carbons (Fsp3) is 0.462. The van der Waals surface area contributed by atoms with E-state index < -0.39 is 0 Å². The quantitative estimate of drug-likeness (QED) is 0.864. The van der Waals surface area contributed by atoms with Crippen LogP contribution in [0.25, 0.3) is 0 Å². The highest BCUT2D eigenvalue weighted by molar-refractivity contribution is 9.10. The number of hydrogen-bond acceptors (Lipinski definition) is 3. The molecular weight excluding hydrogens is 318 g/mol. The Balaban J connectivity index is 0.00000162. The third kappa shape index (κ3) is 3.46. The molecule has 1 heterocycles. The Labute approximate surface area is 122 Å². The summed E-state index contributed by atoms with van der Waals surface area (Å²) in [5.74, 6) is -0.359. The largest absolute Gasteiger partial charge is 0.469 e. The number of carbonyl (C=O) groups is 1. The van der Waals surface area contributed by atoms with Crippen LogP contribution >= 0.6 is 28.3 Å². The highest BCUT2D eigenvalue weighted by atomic mass is 79.9. The van der Waals surface area contributed by atoms with Gasteiger partial charge in [-0.2, -0.15) is 0 Å². The number of rotatable bonds is 3. The van der Waals surface area contributed by atoms with Gasteiger partial charge in [-0.3, -0.25) is 4.79 Å². The molecule has 1 aromatic rings. The van der Waals surface area contributed by atoms with E-state index in [0.29, 0.717) is 0 Å². The fourth-order valence-electron chi connectivity index (χ4n) is 2.33. The van der Waals surface area contributed by atoms with Crippen molar-refractivity contribution < 1.29 is 9.53 Å². The highest BCUT2D eigenvalue weighted by Gasteiger charge is 2.32. The van der Waals surface area contributed by atoms with Crippen molar-refractivity contribution in [1.82, 2.24) is 5.32 Å². The maximum atomic E-state index is 11.9. The van der Waals surface area contributed by atoms with Crippen LogP contribution in [0.1, 0.15) is 24.3 Å². The summed E-state index contributed by atoms with van der Waals surface area (Å²) in [7, 11) is 1.45. The number of hydrogen-bond donors (Lipinski definition) is 1. The first kappa shape index (κ1) is 15.5. The van der Waals surface area contributed by atoms with Gasteiger partial charge < -0.3 is 10.1 Å². The Hall–Kier alpha value is -0.580. The lowest BCUT2D eigenvalue weighted by Gasteiger charge is -2.21. The standard InChI is InChI=1S/C13H16BrNO2.ClH/c1-17-13(16)12(11-3-2-8-15-11)9-4-6-10(14)7-5-9;/h4-7,11-12,15H,2-3,8H2,1H3;1H/t11-,12+;/m0./s1. The van der Waals surface area contributed by atoms with Crippen LogP contribution < -0.4 is 5.32 Å².